The lowest BCUT2D eigenvalue weighted by Gasteiger charge is -2.13. The molecule has 0 saturated carbocycles. The number of aryl methyl sites for hydroxylation is 1. The summed E-state index contributed by atoms with van der Waals surface area (Å²) in [4.78, 5) is 0. The fraction of sp³-hybridized carbons (Fsp3) is 0.133. The van der Waals surface area contributed by atoms with Gasteiger partial charge in [0.05, 0.1) is 5.56 Å². The summed E-state index contributed by atoms with van der Waals surface area (Å²) in [7, 11) is 0. The Hall–Kier alpha value is -1.81. The minimum Gasteiger partial charge on any atom is -0.456 e. The Morgan fingerprint density at radius 1 is 1.16 bits per heavy atom. The van der Waals surface area contributed by atoms with Crippen LogP contribution in [0.2, 0.25) is 0 Å². The molecular formula is C15H15BrN2O. The van der Waals surface area contributed by atoms with Gasteiger partial charge in [-0.05, 0) is 49.2 Å². The smallest absolute Gasteiger partial charge is 0.138 e. The van der Waals surface area contributed by atoms with Crippen LogP contribution in [0.1, 0.15) is 16.7 Å². The van der Waals surface area contributed by atoms with Crippen molar-refractivity contribution >= 4 is 21.8 Å². The molecule has 0 saturated heterocycles. The monoisotopic (exact) mass is 318 g/mol. The number of hydrogen-bond donors (Lipinski definition) is 2. The van der Waals surface area contributed by atoms with Crippen molar-refractivity contribution in [2.45, 2.75) is 13.8 Å². The van der Waals surface area contributed by atoms with Crippen LogP contribution in [-0.4, -0.2) is 5.84 Å². The van der Waals surface area contributed by atoms with Gasteiger partial charge in [0.1, 0.15) is 17.3 Å². The molecule has 0 bridgehead atoms. The number of amidine groups is 1. The highest BCUT2D eigenvalue weighted by molar-refractivity contribution is 9.10. The van der Waals surface area contributed by atoms with Crippen LogP contribution in [0.5, 0.6) is 11.5 Å². The average Bonchev–Trinajstić information content (AvgIpc) is 2.36. The Labute approximate surface area is 121 Å². The highest BCUT2D eigenvalue weighted by Crippen LogP contribution is 2.30. The topological polar surface area (TPSA) is 59.1 Å². The zero-order chi connectivity index (χ0) is 14.0. The molecule has 98 valence electrons. The Balaban J connectivity index is 2.44. The van der Waals surface area contributed by atoms with Gasteiger partial charge in [0.2, 0.25) is 0 Å². The molecule has 3 nitrogen and oxygen atoms in total. The van der Waals surface area contributed by atoms with Gasteiger partial charge < -0.3 is 10.5 Å². The van der Waals surface area contributed by atoms with Crippen molar-refractivity contribution in [1.82, 2.24) is 0 Å². The lowest BCUT2D eigenvalue weighted by atomic mass is 10.1. The van der Waals surface area contributed by atoms with Gasteiger partial charge in [0.15, 0.2) is 0 Å². The predicted molar refractivity (Wildman–Crippen MR) is 81.1 cm³/mol. The summed E-state index contributed by atoms with van der Waals surface area (Å²) in [6.07, 6.45) is 0. The molecule has 19 heavy (non-hydrogen) atoms. The quantitative estimate of drug-likeness (QED) is 0.660. The molecule has 0 radical (unpaired) electrons. The second-order valence-electron chi connectivity index (χ2n) is 4.35. The highest BCUT2D eigenvalue weighted by atomic mass is 79.9. The summed E-state index contributed by atoms with van der Waals surface area (Å²) in [6, 6.07) is 11.4. The number of hydrogen-bond acceptors (Lipinski definition) is 2. The van der Waals surface area contributed by atoms with Crippen LogP contribution in [-0.2, 0) is 0 Å². The van der Waals surface area contributed by atoms with E-state index in [0.717, 1.165) is 15.8 Å². The van der Waals surface area contributed by atoms with Crippen LogP contribution in [0, 0.1) is 19.3 Å². The van der Waals surface area contributed by atoms with E-state index in [0.29, 0.717) is 11.3 Å². The number of ether oxygens (including phenoxy) is 1. The van der Waals surface area contributed by atoms with Gasteiger partial charge in [-0.3, -0.25) is 5.41 Å². The molecule has 0 aromatic heterocycles. The molecule has 0 atom stereocenters. The summed E-state index contributed by atoms with van der Waals surface area (Å²) < 4.78 is 6.76. The van der Waals surface area contributed by atoms with E-state index in [4.69, 9.17) is 15.9 Å². The summed E-state index contributed by atoms with van der Waals surface area (Å²) in [5, 5.41) is 7.61. The highest BCUT2D eigenvalue weighted by Gasteiger charge is 2.10. The lowest BCUT2D eigenvalue weighted by Crippen LogP contribution is -2.12. The molecule has 0 heterocycles. The lowest BCUT2D eigenvalue weighted by molar-refractivity contribution is 0.477. The van der Waals surface area contributed by atoms with Crippen LogP contribution in [0.15, 0.2) is 40.9 Å². The van der Waals surface area contributed by atoms with Crippen molar-refractivity contribution in [2.75, 3.05) is 0 Å². The molecule has 0 aliphatic rings. The Morgan fingerprint density at radius 3 is 2.58 bits per heavy atom. The number of nitrogens with one attached hydrogen (secondary N) is 1. The Bertz CT molecular complexity index is 638. The summed E-state index contributed by atoms with van der Waals surface area (Å²) in [5.41, 5.74) is 8.42. The second kappa shape index (κ2) is 5.45. The first-order valence-electron chi connectivity index (χ1n) is 5.87. The van der Waals surface area contributed by atoms with E-state index in [1.54, 1.807) is 6.07 Å². The maximum absolute atomic E-state index is 7.61. The third-order valence-electron chi connectivity index (χ3n) is 3.01. The van der Waals surface area contributed by atoms with Gasteiger partial charge in [-0.15, -0.1) is 0 Å². The molecule has 3 N–H and O–H groups in total. The van der Waals surface area contributed by atoms with Gasteiger partial charge in [-0.2, -0.15) is 0 Å². The van der Waals surface area contributed by atoms with Gasteiger partial charge >= 0.3 is 0 Å². The number of nitrogen functional groups attached to an aromatic ring is 1. The van der Waals surface area contributed by atoms with Crippen molar-refractivity contribution < 1.29 is 4.74 Å². The maximum atomic E-state index is 7.61. The van der Waals surface area contributed by atoms with E-state index in [1.807, 2.05) is 44.2 Å². The maximum Gasteiger partial charge on any atom is 0.138 e. The first-order valence-corrected chi connectivity index (χ1v) is 6.66. The molecule has 0 aliphatic heterocycles. The normalized spacial score (nSPS) is 10.3. The zero-order valence-corrected chi connectivity index (χ0v) is 12.4. The minimum absolute atomic E-state index is 0.0124. The van der Waals surface area contributed by atoms with Crippen LogP contribution in [0.4, 0.5) is 0 Å². The van der Waals surface area contributed by atoms with E-state index in [9.17, 15) is 0 Å². The molecule has 0 fully saturated rings. The molecule has 0 unspecified atom stereocenters. The third-order valence-corrected chi connectivity index (χ3v) is 3.50. The first-order chi connectivity index (χ1) is 8.99. The average molecular weight is 319 g/mol. The first kappa shape index (κ1) is 13.6. The van der Waals surface area contributed by atoms with Crippen LogP contribution in [0.25, 0.3) is 0 Å². The number of rotatable bonds is 3. The third kappa shape index (κ3) is 2.96. The van der Waals surface area contributed by atoms with Crippen molar-refractivity contribution in [3.63, 3.8) is 0 Å². The van der Waals surface area contributed by atoms with Crippen LogP contribution >= 0.6 is 15.9 Å². The van der Waals surface area contributed by atoms with E-state index in [1.165, 1.54) is 5.56 Å². The van der Waals surface area contributed by atoms with Crippen molar-refractivity contribution in [3.8, 4) is 11.5 Å². The predicted octanol–water partition coefficient (Wildman–Crippen LogP) is 4.14. The van der Waals surface area contributed by atoms with Crippen molar-refractivity contribution in [1.29, 1.82) is 5.41 Å². The molecule has 2 rings (SSSR count). The fourth-order valence-corrected chi connectivity index (χ4v) is 2.12. The molecular weight excluding hydrogens is 304 g/mol. The van der Waals surface area contributed by atoms with Crippen LogP contribution in [0.3, 0.4) is 0 Å². The minimum atomic E-state index is -0.0124. The molecule has 0 aliphatic carbocycles. The van der Waals surface area contributed by atoms with E-state index < -0.39 is 0 Å². The zero-order valence-electron chi connectivity index (χ0n) is 10.8. The number of halogens is 1. The van der Waals surface area contributed by atoms with Gasteiger partial charge in [-0.25, -0.2) is 0 Å². The van der Waals surface area contributed by atoms with E-state index in [2.05, 4.69) is 15.9 Å². The molecule has 2 aromatic rings. The SMILES string of the molecule is Cc1cccc(Oc2ccc(Br)cc2C(=N)N)c1C. The summed E-state index contributed by atoms with van der Waals surface area (Å²) in [6.45, 7) is 4.05. The Kier molecular flexibility index (Phi) is 3.90. The number of nitrogens with two attached hydrogens (primary N) is 1. The van der Waals surface area contributed by atoms with Crippen molar-refractivity contribution in [2.24, 2.45) is 5.73 Å². The van der Waals surface area contributed by atoms with Gasteiger partial charge in [0, 0.05) is 4.47 Å². The fourth-order valence-electron chi connectivity index (χ4n) is 1.75. The number of benzene rings is 2. The van der Waals surface area contributed by atoms with E-state index in [-0.39, 0.29) is 5.84 Å². The van der Waals surface area contributed by atoms with Gasteiger partial charge in [-0.1, -0.05) is 28.1 Å². The molecule has 0 amide bonds. The van der Waals surface area contributed by atoms with Crippen LogP contribution < -0.4 is 10.5 Å². The summed E-state index contributed by atoms with van der Waals surface area (Å²) in [5.74, 6) is 1.36. The van der Waals surface area contributed by atoms with Crippen molar-refractivity contribution in [3.05, 3.63) is 57.6 Å². The largest absolute Gasteiger partial charge is 0.456 e. The second-order valence-corrected chi connectivity index (χ2v) is 5.27. The van der Waals surface area contributed by atoms with E-state index >= 15 is 0 Å². The molecule has 4 heteroatoms. The standard InChI is InChI=1S/C15H15BrN2O/c1-9-4-3-5-13(10(9)2)19-14-7-6-11(16)8-12(14)15(17)18/h3-8H,1-2H3,(H3,17,18). The molecule has 2 aromatic carbocycles. The molecule has 0 spiro atoms. The van der Waals surface area contributed by atoms with Gasteiger partial charge in [0.25, 0.3) is 0 Å². The summed E-state index contributed by atoms with van der Waals surface area (Å²) >= 11 is 3.37. The Morgan fingerprint density at radius 2 is 1.89 bits per heavy atom.